The fraction of sp³-hybridized carbons (Fsp3) is 0.429. The molecule has 0 bridgehead atoms. The van der Waals surface area contributed by atoms with E-state index < -0.39 is 6.10 Å². The molecule has 1 rings (SSSR count). The van der Waals surface area contributed by atoms with E-state index in [1.165, 1.54) is 17.7 Å². The highest BCUT2D eigenvalue weighted by Crippen LogP contribution is 2.27. The normalized spacial score (nSPS) is 14.6. The summed E-state index contributed by atoms with van der Waals surface area (Å²) in [5.74, 6) is -0.273. The van der Waals surface area contributed by atoms with Gasteiger partial charge in [-0.1, -0.05) is 31.6 Å². The topological polar surface area (TPSA) is 20.2 Å². The molecule has 1 N–H and O–H groups in total. The van der Waals surface area contributed by atoms with Crippen LogP contribution in [0.3, 0.4) is 0 Å². The molecule has 1 aromatic rings. The zero-order chi connectivity index (χ0) is 12.1. The van der Waals surface area contributed by atoms with E-state index in [1.54, 1.807) is 12.1 Å². The van der Waals surface area contributed by atoms with Crippen molar-refractivity contribution < 1.29 is 9.50 Å². The third-order valence-corrected chi connectivity index (χ3v) is 2.98. The van der Waals surface area contributed by atoms with Gasteiger partial charge in [-0.3, -0.25) is 0 Å². The van der Waals surface area contributed by atoms with Crippen molar-refractivity contribution in [2.24, 2.45) is 0 Å². The molecule has 1 aromatic carbocycles. The Balaban J connectivity index is 3.00. The van der Waals surface area contributed by atoms with E-state index in [4.69, 9.17) is 0 Å². The van der Waals surface area contributed by atoms with E-state index in [9.17, 15) is 9.50 Å². The van der Waals surface area contributed by atoms with Gasteiger partial charge in [0.15, 0.2) is 0 Å². The Morgan fingerprint density at radius 2 is 1.75 bits per heavy atom. The fourth-order valence-corrected chi connectivity index (χ4v) is 1.80. The van der Waals surface area contributed by atoms with Crippen molar-refractivity contribution in [3.63, 3.8) is 0 Å². The van der Waals surface area contributed by atoms with Crippen LogP contribution in [0.5, 0.6) is 0 Å². The van der Waals surface area contributed by atoms with Crippen molar-refractivity contribution >= 4 is 0 Å². The lowest BCUT2D eigenvalue weighted by Crippen LogP contribution is -2.03. The minimum Gasteiger partial charge on any atom is -0.384 e. The van der Waals surface area contributed by atoms with Gasteiger partial charge in [0.25, 0.3) is 0 Å². The summed E-state index contributed by atoms with van der Waals surface area (Å²) in [6, 6.07) is 6.04. The summed E-state index contributed by atoms with van der Waals surface area (Å²) in [6.45, 7) is 6.13. The number of halogens is 1. The number of aliphatic hydroxyl groups excluding tert-OH is 1. The maximum Gasteiger partial charge on any atom is 0.123 e. The standard InChI is InChI=1S/C14H19FO/c1-4-10(3)13(5-2)14(16)11-6-8-12(15)9-7-11/h6-9,14,16H,4-5H2,1-3H3/b13-10+/t14-/m1/s1. The first-order chi connectivity index (χ1) is 7.60. The quantitative estimate of drug-likeness (QED) is 0.763. The molecule has 0 unspecified atom stereocenters. The maximum atomic E-state index is 12.8. The van der Waals surface area contributed by atoms with Gasteiger partial charge >= 0.3 is 0 Å². The van der Waals surface area contributed by atoms with Crippen molar-refractivity contribution in [1.82, 2.24) is 0 Å². The van der Waals surface area contributed by atoms with E-state index in [1.807, 2.05) is 13.8 Å². The Kier molecular flexibility index (Phi) is 4.69. The lowest BCUT2D eigenvalue weighted by atomic mass is 9.94. The second-order valence-electron chi connectivity index (χ2n) is 3.97. The van der Waals surface area contributed by atoms with Gasteiger partial charge in [-0.2, -0.15) is 0 Å². The number of allylic oxidation sites excluding steroid dienone is 1. The molecule has 0 aliphatic carbocycles. The van der Waals surface area contributed by atoms with Crippen LogP contribution in [0.1, 0.15) is 45.3 Å². The van der Waals surface area contributed by atoms with Crippen molar-refractivity contribution in [3.8, 4) is 0 Å². The van der Waals surface area contributed by atoms with Crippen LogP contribution in [0, 0.1) is 5.82 Å². The molecular formula is C14H19FO. The Morgan fingerprint density at radius 3 is 2.19 bits per heavy atom. The largest absolute Gasteiger partial charge is 0.384 e. The van der Waals surface area contributed by atoms with Gasteiger partial charge in [0.1, 0.15) is 11.9 Å². The lowest BCUT2D eigenvalue weighted by molar-refractivity contribution is 0.210. The number of benzene rings is 1. The summed E-state index contributed by atoms with van der Waals surface area (Å²) in [5, 5.41) is 10.2. The Bertz CT molecular complexity index is 365. The number of hydrogen-bond donors (Lipinski definition) is 1. The summed E-state index contributed by atoms with van der Waals surface area (Å²) < 4.78 is 12.8. The molecule has 0 saturated heterocycles. The smallest absolute Gasteiger partial charge is 0.123 e. The van der Waals surface area contributed by atoms with Crippen LogP contribution in [-0.4, -0.2) is 5.11 Å². The zero-order valence-corrected chi connectivity index (χ0v) is 10.1. The molecule has 0 radical (unpaired) electrons. The molecule has 88 valence electrons. The second-order valence-corrected chi connectivity index (χ2v) is 3.97. The third kappa shape index (κ3) is 2.92. The Morgan fingerprint density at radius 1 is 1.19 bits per heavy atom. The second kappa shape index (κ2) is 5.80. The highest BCUT2D eigenvalue weighted by molar-refractivity contribution is 5.28. The Hall–Kier alpha value is -1.15. The first-order valence-electron chi connectivity index (χ1n) is 5.72. The van der Waals surface area contributed by atoms with E-state index in [0.29, 0.717) is 0 Å². The summed E-state index contributed by atoms with van der Waals surface area (Å²) in [7, 11) is 0. The molecular weight excluding hydrogens is 203 g/mol. The van der Waals surface area contributed by atoms with Crippen molar-refractivity contribution in [2.45, 2.75) is 39.7 Å². The monoisotopic (exact) mass is 222 g/mol. The SMILES string of the molecule is CC/C(C)=C(\CC)[C@H](O)c1ccc(F)cc1. The molecule has 0 fully saturated rings. The zero-order valence-electron chi connectivity index (χ0n) is 10.1. The molecule has 0 aromatic heterocycles. The van der Waals surface area contributed by atoms with E-state index in [2.05, 4.69) is 6.92 Å². The number of aliphatic hydroxyl groups is 1. The van der Waals surface area contributed by atoms with Crippen LogP contribution >= 0.6 is 0 Å². The van der Waals surface area contributed by atoms with Crippen LogP contribution in [0.2, 0.25) is 0 Å². The summed E-state index contributed by atoms with van der Waals surface area (Å²) in [4.78, 5) is 0. The maximum absolute atomic E-state index is 12.8. The van der Waals surface area contributed by atoms with Gasteiger partial charge in [-0.05, 0) is 43.0 Å². The van der Waals surface area contributed by atoms with Gasteiger partial charge in [0.05, 0.1) is 0 Å². The van der Waals surface area contributed by atoms with E-state index in [-0.39, 0.29) is 5.82 Å². The third-order valence-electron chi connectivity index (χ3n) is 2.98. The highest BCUT2D eigenvalue weighted by Gasteiger charge is 2.13. The molecule has 0 amide bonds. The summed E-state index contributed by atoms with van der Waals surface area (Å²) >= 11 is 0. The van der Waals surface area contributed by atoms with Gasteiger partial charge in [0.2, 0.25) is 0 Å². The van der Waals surface area contributed by atoms with Crippen LogP contribution in [-0.2, 0) is 0 Å². The van der Waals surface area contributed by atoms with Crippen LogP contribution < -0.4 is 0 Å². The van der Waals surface area contributed by atoms with Gasteiger partial charge < -0.3 is 5.11 Å². The van der Waals surface area contributed by atoms with Crippen molar-refractivity contribution in [2.75, 3.05) is 0 Å². The molecule has 1 atom stereocenters. The molecule has 2 heteroatoms. The predicted octanol–water partition coefficient (Wildman–Crippen LogP) is 4.00. The minimum absolute atomic E-state index is 0.273. The van der Waals surface area contributed by atoms with Gasteiger partial charge in [-0.15, -0.1) is 0 Å². The first kappa shape index (κ1) is 12.9. The van der Waals surface area contributed by atoms with Crippen LogP contribution in [0.25, 0.3) is 0 Å². The van der Waals surface area contributed by atoms with E-state index >= 15 is 0 Å². The highest BCUT2D eigenvalue weighted by atomic mass is 19.1. The average Bonchev–Trinajstić information content (AvgIpc) is 2.30. The van der Waals surface area contributed by atoms with Crippen LogP contribution in [0.4, 0.5) is 4.39 Å². The predicted molar refractivity (Wildman–Crippen MR) is 64.6 cm³/mol. The molecule has 0 aliphatic heterocycles. The number of hydrogen-bond acceptors (Lipinski definition) is 1. The number of rotatable bonds is 4. The summed E-state index contributed by atoms with van der Waals surface area (Å²) in [6.07, 6.45) is 1.14. The molecule has 16 heavy (non-hydrogen) atoms. The molecule has 0 spiro atoms. The van der Waals surface area contributed by atoms with Crippen LogP contribution in [0.15, 0.2) is 35.4 Å². The molecule has 0 saturated carbocycles. The minimum atomic E-state index is -0.606. The first-order valence-corrected chi connectivity index (χ1v) is 5.72. The van der Waals surface area contributed by atoms with Crippen molar-refractivity contribution in [1.29, 1.82) is 0 Å². The fourth-order valence-electron chi connectivity index (χ4n) is 1.80. The average molecular weight is 222 g/mol. The summed E-state index contributed by atoms with van der Waals surface area (Å²) in [5.41, 5.74) is 3.00. The molecule has 1 nitrogen and oxygen atoms in total. The molecule has 0 aliphatic rings. The Labute approximate surface area is 96.6 Å². The van der Waals surface area contributed by atoms with Gasteiger partial charge in [-0.25, -0.2) is 4.39 Å². The molecule has 0 heterocycles. The van der Waals surface area contributed by atoms with E-state index in [0.717, 1.165) is 24.0 Å². The van der Waals surface area contributed by atoms with Gasteiger partial charge in [0, 0.05) is 0 Å². The lowest BCUT2D eigenvalue weighted by Gasteiger charge is -2.17. The van der Waals surface area contributed by atoms with Crippen molar-refractivity contribution in [3.05, 3.63) is 46.8 Å².